The Morgan fingerprint density at radius 1 is 1.25 bits per heavy atom. The van der Waals surface area contributed by atoms with Crippen LogP contribution in [-0.4, -0.2) is 44.3 Å². The van der Waals surface area contributed by atoms with Crippen LogP contribution < -0.4 is 10.6 Å². The molecule has 0 aliphatic heterocycles. The maximum Gasteiger partial charge on any atom is 0.272 e. The molecule has 2 N–H and O–H groups in total. The highest BCUT2D eigenvalue weighted by molar-refractivity contribution is 6.30. The molecule has 9 heteroatoms. The molecule has 0 saturated heterocycles. The molecule has 0 bridgehead atoms. The largest absolute Gasteiger partial charge is 0.353 e. The number of nitrogens with one attached hydrogen (secondary N) is 2. The van der Waals surface area contributed by atoms with E-state index in [0.29, 0.717) is 18.1 Å². The van der Waals surface area contributed by atoms with Crippen molar-refractivity contribution < 1.29 is 9.59 Å². The summed E-state index contributed by atoms with van der Waals surface area (Å²) in [6.45, 7) is 0.770. The number of hydrogen-bond acceptors (Lipinski definition) is 4. The van der Waals surface area contributed by atoms with E-state index in [-0.39, 0.29) is 18.1 Å². The average molecular weight is 347 g/mol. The lowest BCUT2D eigenvalue weighted by molar-refractivity contribution is -0.120. The van der Waals surface area contributed by atoms with E-state index in [0.717, 1.165) is 5.52 Å². The summed E-state index contributed by atoms with van der Waals surface area (Å²) >= 11 is 5.75. The first-order chi connectivity index (χ1) is 11.6. The topological polar surface area (TPSA) is 93.3 Å². The third-order valence-corrected chi connectivity index (χ3v) is 3.47. The molecule has 0 saturated carbocycles. The normalized spacial score (nSPS) is 10.7. The lowest BCUT2D eigenvalue weighted by Crippen LogP contribution is -2.38. The standard InChI is InChI=1S/C15H15ClN6O2/c16-11-8-19-21(10-11)6-4-17-14(23)9-18-15(24)13-7-12-3-1-2-5-22(12)20-13/h1-3,5,7-8,10H,4,6,9H2,(H,17,23)(H,18,24). The Bertz CT molecular complexity index is 839. The zero-order valence-electron chi connectivity index (χ0n) is 12.6. The summed E-state index contributed by atoms with van der Waals surface area (Å²) in [5.74, 6) is -0.682. The molecule has 3 heterocycles. The van der Waals surface area contributed by atoms with Gasteiger partial charge in [-0.3, -0.25) is 14.3 Å². The molecule has 0 aliphatic rings. The Kier molecular flexibility index (Phi) is 4.76. The molecule has 0 atom stereocenters. The van der Waals surface area contributed by atoms with Crippen molar-refractivity contribution in [2.45, 2.75) is 6.54 Å². The molecule has 0 fully saturated rings. The van der Waals surface area contributed by atoms with Crippen molar-refractivity contribution in [1.82, 2.24) is 30.0 Å². The van der Waals surface area contributed by atoms with E-state index >= 15 is 0 Å². The van der Waals surface area contributed by atoms with E-state index in [2.05, 4.69) is 20.8 Å². The minimum Gasteiger partial charge on any atom is -0.353 e. The van der Waals surface area contributed by atoms with Gasteiger partial charge in [-0.05, 0) is 18.2 Å². The van der Waals surface area contributed by atoms with Gasteiger partial charge in [-0.25, -0.2) is 4.52 Å². The molecule has 0 aromatic carbocycles. The predicted molar refractivity (Wildman–Crippen MR) is 87.8 cm³/mol. The fraction of sp³-hybridized carbons (Fsp3) is 0.200. The number of hydrogen-bond donors (Lipinski definition) is 2. The highest BCUT2D eigenvalue weighted by Crippen LogP contribution is 2.05. The quantitative estimate of drug-likeness (QED) is 0.688. The van der Waals surface area contributed by atoms with Crippen LogP contribution in [-0.2, 0) is 11.3 Å². The summed E-state index contributed by atoms with van der Waals surface area (Å²) in [6, 6.07) is 7.19. The van der Waals surface area contributed by atoms with Gasteiger partial charge >= 0.3 is 0 Å². The van der Waals surface area contributed by atoms with Gasteiger partial charge in [0.1, 0.15) is 0 Å². The van der Waals surface area contributed by atoms with Gasteiger partial charge in [-0.1, -0.05) is 17.7 Å². The maximum absolute atomic E-state index is 12.0. The number of amides is 2. The zero-order chi connectivity index (χ0) is 16.9. The summed E-state index contributed by atoms with van der Waals surface area (Å²) in [5, 5.41) is 13.9. The third kappa shape index (κ3) is 3.90. The molecule has 0 spiro atoms. The Labute approximate surface area is 142 Å². The molecule has 2 amide bonds. The lowest BCUT2D eigenvalue weighted by Gasteiger charge is -2.06. The SMILES string of the molecule is O=C(CNC(=O)c1cc2ccccn2n1)NCCn1cc(Cl)cn1. The maximum atomic E-state index is 12.0. The van der Waals surface area contributed by atoms with E-state index in [1.165, 1.54) is 6.20 Å². The van der Waals surface area contributed by atoms with Crippen LogP contribution >= 0.6 is 11.6 Å². The van der Waals surface area contributed by atoms with Gasteiger partial charge in [0.25, 0.3) is 5.91 Å². The average Bonchev–Trinajstić information content (AvgIpc) is 3.18. The minimum absolute atomic E-state index is 0.118. The highest BCUT2D eigenvalue weighted by Gasteiger charge is 2.11. The molecular formula is C15H15ClN6O2. The van der Waals surface area contributed by atoms with Crippen LogP contribution in [0.3, 0.4) is 0 Å². The van der Waals surface area contributed by atoms with Crippen LogP contribution in [0.4, 0.5) is 0 Å². The number of nitrogens with zero attached hydrogens (tertiary/aromatic N) is 4. The van der Waals surface area contributed by atoms with Crippen LogP contribution in [0.5, 0.6) is 0 Å². The zero-order valence-corrected chi connectivity index (χ0v) is 13.4. The second kappa shape index (κ2) is 7.14. The van der Waals surface area contributed by atoms with Crippen molar-refractivity contribution in [3.8, 4) is 0 Å². The Morgan fingerprint density at radius 3 is 2.88 bits per heavy atom. The van der Waals surface area contributed by atoms with Crippen molar-refractivity contribution in [1.29, 1.82) is 0 Å². The number of carbonyl (C=O) groups excluding carboxylic acids is 2. The smallest absolute Gasteiger partial charge is 0.272 e. The number of carbonyl (C=O) groups is 2. The number of fused-ring (bicyclic) bond motifs is 1. The molecule has 3 aromatic heterocycles. The molecule has 0 aliphatic carbocycles. The van der Waals surface area contributed by atoms with Crippen LogP contribution in [0.15, 0.2) is 42.9 Å². The molecule has 124 valence electrons. The van der Waals surface area contributed by atoms with Gasteiger partial charge in [0.2, 0.25) is 5.91 Å². The monoisotopic (exact) mass is 346 g/mol. The predicted octanol–water partition coefficient (Wildman–Crippen LogP) is 0.730. The van der Waals surface area contributed by atoms with Crippen molar-refractivity contribution in [2.75, 3.05) is 13.1 Å². The van der Waals surface area contributed by atoms with Gasteiger partial charge in [0.15, 0.2) is 5.69 Å². The summed E-state index contributed by atoms with van der Waals surface area (Å²) < 4.78 is 3.22. The summed E-state index contributed by atoms with van der Waals surface area (Å²) in [6.07, 6.45) is 4.94. The fourth-order valence-corrected chi connectivity index (χ4v) is 2.29. The first-order valence-corrected chi connectivity index (χ1v) is 7.67. The Balaban J connectivity index is 1.44. The second-order valence-electron chi connectivity index (χ2n) is 5.05. The van der Waals surface area contributed by atoms with E-state index in [1.807, 2.05) is 18.2 Å². The second-order valence-corrected chi connectivity index (χ2v) is 5.49. The molecule has 0 unspecified atom stereocenters. The number of halogens is 1. The summed E-state index contributed by atoms with van der Waals surface area (Å²) in [5.41, 5.74) is 1.07. The number of pyridine rings is 1. The number of aromatic nitrogens is 4. The molecule has 3 aromatic rings. The minimum atomic E-state index is -0.396. The van der Waals surface area contributed by atoms with Crippen molar-refractivity contribution in [3.63, 3.8) is 0 Å². The molecular weight excluding hydrogens is 332 g/mol. The molecule has 24 heavy (non-hydrogen) atoms. The van der Waals surface area contributed by atoms with E-state index in [4.69, 9.17) is 11.6 Å². The Hall–Kier alpha value is -2.87. The van der Waals surface area contributed by atoms with Gasteiger partial charge in [-0.15, -0.1) is 0 Å². The first kappa shape index (κ1) is 16.0. The summed E-state index contributed by atoms with van der Waals surface area (Å²) in [4.78, 5) is 23.8. The third-order valence-electron chi connectivity index (χ3n) is 3.28. The van der Waals surface area contributed by atoms with Crippen LogP contribution in [0.2, 0.25) is 5.02 Å². The van der Waals surface area contributed by atoms with E-state index in [9.17, 15) is 9.59 Å². The van der Waals surface area contributed by atoms with E-state index < -0.39 is 5.91 Å². The molecule has 8 nitrogen and oxygen atoms in total. The van der Waals surface area contributed by atoms with E-state index in [1.54, 1.807) is 27.7 Å². The highest BCUT2D eigenvalue weighted by atomic mass is 35.5. The van der Waals surface area contributed by atoms with Gasteiger partial charge in [0.05, 0.1) is 29.8 Å². The Morgan fingerprint density at radius 2 is 2.12 bits per heavy atom. The van der Waals surface area contributed by atoms with Crippen molar-refractivity contribution >= 4 is 28.9 Å². The fourth-order valence-electron chi connectivity index (χ4n) is 2.13. The van der Waals surface area contributed by atoms with Crippen molar-refractivity contribution in [2.24, 2.45) is 0 Å². The number of rotatable bonds is 6. The molecule has 3 rings (SSSR count). The van der Waals surface area contributed by atoms with Crippen molar-refractivity contribution in [3.05, 3.63) is 53.6 Å². The first-order valence-electron chi connectivity index (χ1n) is 7.29. The van der Waals surface area contributed by atoms with Gasteiger partial charge in [-0.2, -0.15) is 10.2 Å². The lowest BCUT2D eigenvalue weighted by atomic mass is 10.3. The van der Waals surface area contributed by atoms with Gasteiger partial charge in [0, 0.05) is 18.9 Å². The van der Waals surface area contributed by atoms with Crippen LogP contribution in [0.25, 0.3) is 5.52 Å². The van der Waals surface area contributed by atoms with Crippen LogP contribution in [0, 0.1) is 0 Å². The molecule has 0 radical (unpaired) electrons. The summed E-state index contributed by atoms with van der Waals surface area (Å²) in [7, 11) is 0. The van der Waals surface area contributed by atoms with Gasteiger partial charge < -0.3 is 10.6 Å². The van der Waals surface area contributed by atoms with Crippen LogP contribution in [0.1, 0.15) is 10.5 Å².